The minimum atomic E-state index is -0.746. The van der Waals surface area contributed by atoms with Gasteiger partial charge in [0.1, 0.15) is 11.6 Å². The average molecular weight is 246 g/mol. The molecular formula is C14H11FO3. The van der Waals surface area contributed by atoms with Gasteiger partial charge in [-0.25, -0.2) is 9.18 Å². The van der Waals surface area contributed by atoms with E-state index in [9.17, 15) is 14.3 Å². The monoisotopic (exact) mass is 246 g/mol. The molecular weight excluding hydrogens is 235 g/mol. The van der Waals surface area contributed by atoms with Gasteiger partial charge in [0.2, 0.25) is 0 Å². The van der Waals surface area contributed by atoms with Crippen LogP contribution in [0, 0.1) is 5.82 Å². The molecule has 1 N–H and O–H groups in total. The van der Waals surface area contributed by atoms with Crippen LogP contribution in [-0.4, -0.2) is 18.2 Å². The Labute approximate surface area is 103 Å². The Morgan fingerprint density at radius 3 is 2.61 bits per heavy atom. The number of phenolic OH excluding ortho intramolecular Hbond substituents is 1. The van der Waals surface area contributed by atoms with Gasteiger partial charge in [-0.05, 0) is 23.8 Å². The summed E-state index contributed by atoms with van der Waals surface area (Å²) in [6, 6.07) is 10.7. The molecule has 0 aliphatic heterocycles. The number of hydrogen-bond acceptors (Lipinski definition) is 3. The number of carbonyl (C=O) groups excluding carboxylic acids is 1. The van der Waals surface area contributed by atoms with E-state index >= 15 is 0 Å². The number of aromatic hydroxyl groups is 1. The van der Waals surface area contributed by atoms with E-state index in [0.29, 0.717) is 11.1 Å². The smallest absolute Gasteiger partial charge is 0.340 e. The van der Waals surface area contributed by atoms with Gasteiger partial charge in [-0.1, -0.05) is 24.3 Å². The lowest BCUT2D eigenvalue weighted by atomic mass is 10.0. The quantitative estimate of drug-likeness (QED) is 0.828. The molecule has 0 atom stereocenters. The normalized spacial score (nSPS) is 10.1. The summed E-state index contributed by atoms with van der Waals surface area (Å²) in [5.74, 6) is -1.33. The zero-order chi connectivity index (χ0) is 13.1. The number of halogens is 1. The summed E-state index contributed by atoms with van der Waals surface area (Å²) in [4.78, 5) is 11.4. The molecule has 2 aromatic rings. The molecule has 2 rings (SSSR count). The molecule has 0 amide bonds. The van der Waals surface area contributed by atoms with Crippen LogP contribution in [0.15, 0.2) is 42.5 Å². The zero-order valence-corrected chi connectivity index (χ0v) is 9.68. The van der Waals surface area contributed by atoms with Crippen LogP contribution >= 0.6 is 0 Å². The lowest BCUT2D eigenvalue weighted by Gasteiger charge is -2.07. The highest BCUT2D eigenvalue weighted by atomic mass is 19.1. The number of esters is 1. The van der Waals surface area contributed by atoms with Gasteiger partial charge >= 0.3 is 5.97 Å². The van der Waals surface area contributed by atoms with E-state index in [4.69, 9.17) is 0 Å². The Morgan fingerprint density at radius 1 is 1.22 bits per heavy atom. The Kier molecular flexibility index (Phi) is 3.28. The van der Waals surface area contributed by atoms with E-state index in [1.165, 1.54) is 31.4 Å². The van der Waals surface area contributed by atoms with Crippen LogP contribution in [0.5, 0.6) is 5.75 Å². The topological polar surface area (TPSA) is 46.5 Å². The molecule has 2 aromatic carbocycles. The van der Waals surface area contributed by atoms with Crippen LogP contribution in [0.25, 0.3) is 11.1 Å². The van der Waals surface area contributed by atoms with Crippen molar-refractivity contribution >= 4 is 5.97 Å². The third-order valence-corrected chi connectivity index (χ3v) is 2.59. The van der Waals surface area contributed by atoms with Crippen molar-refractivity contribution in [1.82, 2.24) is 0 Å². The first-order valence-electron chi connectivity index (χ1n) is 5.29. The molecule has 0 radical (unpaired) electrons. The van der Waals surface area contributed by atoms with Crippen molar-refractivity contribution in [2.45, 2.75) is 0 Å². The second-order valence-electron chi connectivity index (χ2n) is 3.70. The van der Waals surface area contributed by atoms with Gasteiger partial charge < -0.3 is 9.84 Å². The fourth-order valence-corrected chi connectivity index (χ4v) is 1.68. The Hall–Kier alpha value is -2.36. The van der Waals surface area contributed by atoms with Gasteiger partial charge in [-0.3, -0.25) is 0 Å². The highest BCUT2D eigenvalue weighted by molar-refractivity contribution is 5.91. The summed E-state index contributed by atoms with van der Waals surface area (Å²) in [5, 5.41) is 9.71. The average Bonchev–Trinajstić information content (AvgIpc) is 2.39. The number of para-hydroxylation sites is 1. The number of phenols is 1. The second-order valence-corrected chi connectivity index (χ2v) is 3.70. The minimum Gasteiger partial charge on any atom is -0.507 e. The van der Waals surface area contributed by atoms with Crippen LogP contribution in [0.4, 0.5) is 4.39 Å². The number of hydrogen-bond donors (Lipinski definition) is 1. The molecule has 0 spiro atoms. The zero-order valence-electron chi connectivity index (χ0n) is 9.68. The first kappa shape index (κ1) is 12.1. The second kappa shape index (κ2) is 4.87. The van der Waals surface area contributed by atoms with Gasteiger partial charge in [-0.15, -0.1) is 0 Å². The summed E-state index contributed by atoms with van der Waals surface area (Å²) in [6.45, 7) is 0. The number of methoxy groups -OCH3 is 1. The highest BCUT2D eigenvalue weighted by Crippen LogP contribution is 2.29. The van der Waals surface area contributed by atoms with Gasteiger partial charge in [-0.2, -0.15) is 0 Å². The number of carbonyl (C=O) groups is 1. The molecule has 4 heteroatoms. The molecule has 18 heavy (non-hydrogen) atoms. The largest absolute Gasteiger partial charge is 0.507 e. The summed E-state index contributed by atoms with van der Waals surface area (Å²) in [6.07, 6.45) is 0. The van der Waals surface area contributed by atoms with Crippen molar-refractivity contribution < 1.29 is 19.0 Å². The van der Waals surface area contributed by atoms with E-state index in [1.807, 2.05) is 0 Å². The Balaban J connectivity index is 2.54. The third-order valence-electron chi connectivity index (χ3n) is 2.59. The minimum absolute atomic E-state index is 0.0694. The predicted octanol–water partition coefficient (Wildman–Crippen LogP) is 2.98. The van der Waals surface area contributed by atoms with E-state index < -0.39 is 11.8 Å². The molecule has 0 fully saturated rings. The maximum atomic E-state index is 13.5. The van der Waals surface area contributed by atoms with Crippen molar-refractivity contribution in [2.75, 3.05) is 7.11 Å². The summed E-state index contributed by atoms with van der Waals surface area (Å²) in [7, 11) is 1.19. The molecule has 0 heterocycles. The number of benzene rings is 2. The van der Waals surface area contributed by atoms with Crippen molar-refractivity contribution in [1.29, 1.82) is 0 Å². The van der Waals surface area contributed by atoms with Gasteiger partial charge in [0.15, 0.2) is 0 Å². The van der Waals surface area contributed by atoms with Crippen LogP contribution in [0.2, 0.25) is 0 Å². The first-order valence-corrected chi connectivity index (χ1v) is 5.29. The molecule has 3 nitrogen and oxygen atoms in total. The number of rotatable bonds is 2. The van der Waals surface area contributed by atoms with Crippen molar-refractivity contribution in [2.24, 2.45) is 0 Å². The summed E-state index contributed by atoms with van der Waals surface area (Å²) >= 11 is 0. The molecule has 92 valence electrons. The molecule has 0 saturated heterocycles. The fourth-order valence-electron chi connectivity index (χ4n) is 1.68. The van der Waals surface area contributed by atoms with Gasteiger partial charge in [0, 0.05) is 5.56 Å². The maximum absolute atomic E-state index is 13.5. The Bertz CT molecular complexity index is 593. The van der Waals surface area contributed by atoms with Crippen LogP contribution in [0.3, 0.4) is 0 Å². The van der Waals surface area contributed by atoms with E-state index in [1.54, 1.807) is 18.2 Å². The van der Waals surface area contributed by atoms with Crippen molar-refractivity contribution in [3.63, 3.8) is 0 Å². The predicted molar refractivity (Wildman–Crippen MR) is 64.8 cm³/mol. The summed E-state index contributed by atoms with van der Waals surface area (Å²) in [5.41, 5.74) is 0.927. The molecule has 0 saturated carbocycles. The third kappa shape index (κ3) is 2.18. The molecule has 0 bridgehead atoms. The van der Waals surface area contributed by atoms with E-state index in [-0.39, 0.29) is 11.3 Å². The van der Waals surface area contributed by atoms with E-state index in [0.717, 1.165) is 0 Å². The van der Waals surface area contributed by atoms with E-state index in [2.05, 4.69) is 4.74 Å². The fraction of sp³-hybridized carbons (Fsp3) is 0.0714. The van der Waals surface area contributed by atoms with Crippen LogP contribution in [-0.2, 0) is 4.74 Å². The lowest BCUT2D eigenvalue weighted by Crippen LogP contribution is -2.04. The van der Waals surface area contributed by atoms with Crippen LogP contribution in [0.1, 0.15) is 10.4 Å². The lowest BCUT2D eigenvalue weighted by molar-refractivity contribution is 0.0595. The maximum Gasteiger partial charge on any atom is 0.340 e. The molecule has 0 aromatic heterocycles. The number of ether oxygens (including phenoxy) is 1. The first-order chi connectivity index (χ1) is 8.63. The molecule has 0 aliphatic carbocycles. The molecule has 0 unspecified atom stereocenters. The summed E-state index contributed by atoms with van der Waals surface area (Å²) < 4.78 is 18.0. The SMILES string of the molecule is COC(=O)c1cc(-c2ccccc2O)ccc1F. The Morgan fingerprint density at radius 2 is 1.94 bits per heavy atom. The standard InChI is InChI=1S/C14H11FO3/c1-18-14(17)11-8-9(6-7-12(11)15)10-4-2-3-5-13(10)16/h2-8,16H,1H3. The highest BCUT2D eigenvalue weighted by Gasteiger charge is 2.14. The molecule has 0 aliphatic rings. The van der Waals surface area contributed by atoms with Crippen molar-refractivity contribution in [3.8, 4) is 16.9 Å². The van der Waals surface area contributed by atoms with Gasteiger partial charge in [0.05, 0.1) is 12.7 Å². The van der Waals surface area contributed by atoms with Crippen molar-refractivity contribution in [3.05, 3.63) is 53.8 Å². The van der Waals surface area contributed by atoms with Crippen LogP contribution < -0.4 is 0 Å². The van der Waals surface area contributed by atoms with Gasteiger partial charge in [0.25, 0.3) is 0 Å².